The molecule has 0 unspecified atom stereocenters. The van der Waals surface area contributed by atoms with E-state index in [0.717, 1.165) is 48.6 Å². The first kappa shape index (κ1) is 24.6. The minimum Gasteiger partial charge on any atom is -0.497 e. The SMILES string of the molecule is CCCNC(=O)N(Cc1c(C)nn(-c2ccccc2)c1Oc1ccc(OC)cc1)C[C@@H]1CCCO1. The topological polar surface area (TPSA) is 77.9 Å². The van der Waals surface area contributed by atoms with E-state index in [2.05, 4.69) is 5.32 Å². The van der Waals surface area contributed by atoms with Gasteiger partial charge in [-0.3, -0.25) is 0 Å². The maximum Gasteiger partial charge on any atom is 0.317 e. The fraction of sp³-hybridized carbons (Fsp3) is 0.407. The van der Waals surface area contributed by atoms with Crippen LogP contribution in [0.2, 0.25) is 0 Å². The van der Waals surface area contributed by atoms with Crippen molar-refractivity contribution in [3.05, 3.63) is 65.9 Å². The van der Waals surface area contributed by atoms with Crippen molar-refractivity contribution in [1.29, 1.82) is 0 Å². The second-order valence-corrected chi connectivity index (χ2v) is 8.64. The highest BCUT2D eigenvalue weighted by molar-refractivity contribution is 5.74. The lowest BCUT2D eigenvalue weighted by Crippen LogP contribution is -2.43. The predicted molar refractivity (Wildman–Crippen MR) is 134 cm³/mol. The van der Waals surface area contributed by atoms with Crippen LogP contribution in [0.4, 0.5) is 4.79 Å². The van der Waals surface area contributed by atoms with Gasteiger partial charge in [0.1, 0.15) is 11.5 Å². The van der Waals surface area contributed by atoms with Gasteiger partial charge in [-0.1, -0.05) is 25.1 Å². The molecule has 2 heterocycles. The maximum atomic E-state index is 13.1. The number of nitrogens with one attached hydrogen (secondary N) is 1. The average molecular weight is 479 g/mol. The third-order valence-corrected chi connectivity index (χ3v) is 6.02. The van der Waals surface area contributed by atoms with Crippen LogP contribution < -0.4 is 14.8 Å². The molecular weight excluding hydrogens is 444 g/mol. The number of carbonyl (C=O) groups excluding carboxylic acids is 1. The number of ether oxygens (including phenoxy) is 3. The summed E-state index contributed by atoms with van der Waals surface area (Å²) in [5.41, 5.74) is 2.54. The summed E-state index contributed by atoms with van der Waals surface area (Å²) < 4.78 is 19.3. The van der Waals surface area contributed by atoms with Crippen molar-refractivity contribution in [3.63, 3.8) is 0 Å². The minimum atomic E-state index is -0.107. The molecule has 1 saturated heterocycles. The van der Waals surface area contributed by atoms with Crippen LogP contribution in [0.25, 0.3) is 5.69 Å². The summed E-state index contributed by atoms with van der Waals surface area (Å²) in [6, 6.07) is 17.2. The second-order valence-electron chi connectivity index (χ2n) is 8.64. The van der Waals surface area contributed by atoms with Gasteiger partial charge in [0.05, 0.1) is 36.7 Å². The molecule has 1 fully saturated rings. The normalized spacial score (nSPS) is 15.1. The zero-order chi connectivity index (χ0) is 24.6. The molecule has 0 saturated carbocycles. The number of hydrogen-bond donors (Lipinski definition) is 1. The molecule has 2 aromatic carbocycles. The van der Waals surface area contributed by atoms with Gasteiger partial charge in [0.25, 0.3) is 0 Å². The van der Waals surface area contributed by atoms with Gasteiger partial charge >= 0.3 is 6.03 Å². The van der Waals surface area contributed by atoms with Gasteiger partial charge in [0, 0.05) is 19.7 Å². The van der Waals surface area contributed by atoms with Crippen LogP contribution in [0.15, 0.2) is 54.6 Å². The van der Waals surface area contributed by atoms with Crippen molar-refractivity contribution in [2.45, 2.75) is 45.8 Å². The monoisotopic (exact) mass is 478 g/mol. The Morgan fingerprint density at radius 1 is 1.17 bits per heavy atom. The fourth-order valence-electron chi connectivity index (χ4n) is 4.11. The summed E-state index contributed by atoms with van der Waals surface area (Å²) in [4.78, 5) is 14.9. The first-order chi connectivity index (χ1) is 17.1. The fourth-order valence-corrected chi connectivity index (χ4v) is 4.11. The van der Waals surface area contributed by atoms with Crippen molar-refractivity contribution in [3.8, 4) is 23.1 Å². The van der Waals surface area contributed by atoms with Gasteiger partial charge in [-0.25, -0.2) is 9.48 Å². The van der Waals surface area contributed by atoms with Crippen molar-refractivity contribution in [2.24, 2.45) is 0 Å². The number of benzene rings is 2. The summed E-state index contributed by atoms with van der Waals surface area (Å²) in [7, 11) is 1.63. The first-order valence-corrected chi connectivity index (χ1v) is 12.2. The number of hydrogen-bond acceptors (Lipinski definition) is 5. The Morgan fingerprint density at radius 3 is 2.57 bits per heavy atom. The predicted octanol–water partition coefficient (Wildman–Crippen LogP) is 5.08. The lowest BCUT2D eigenvalue weighted by Gasteiger charge is -2.26. The molecule has 1 aliphatic heterocycles. The van der Waals surface area contributed by atoms with Crippen LogP contribution in [-0.2, 0) is 11.3 Å². The molecule has 1 aliphatic rings. The molecule has 1 N–H and O–H groups in total. The van der Waals surface area contributed by atoms with E-state index in [9.17, 15) is 4.79 Å². The molecule has 8 nitrogen and oxygen atoms in total. The molecule has 1 atom stereocenters. The van der Waals surface area contributed by atoms with Crippen molar-refractivity contribution < 1.29 is 19.0 Å². The van der Waals surface area contributed by atoms with Gasteiger partial charge in [-0.05, 0) is 62.6 Å². The smallest absolute Gasteiger partial charge is 0.317 e. The van der Waals surface area contributed by atoms with E-state index in [-0.39, 0.29) is 12.1 Å². The largest absolute Gasteiger partial charge is 0.497 e. The van der Waals surface area contributed by atoms with E-state index in [0.29, 0.717) is 31.3 Å². The van der Waals surface area contributed by atoms with Crippen LogP contribution >= 0.6 is 0 Å². The average Bonchev–Trinajstić information content (AvgIpc) is 3.51. The van der Waals surface area contributed by atoms with Gasteiger partial charge in [-0.2, -0.15) is 5.10 Å². The number of rotatable bonds is 10. The van der Waals surface area contributed by atoms with Crippen molar-refractivity contribution in [2.75, 3.05) is 26.8 Å². The van der Waals surface area contributed by atoms with Crippen molar-refractivity contribution in [1.82, 2.24) is 20.0 Å². The third kappa shape index (κ3) is 6.14. The summed E-state index contributed by atoms with van der Waals surface area (Å²) in [5, 5.41) is 7.81. The Bertz CT molecular complexity index is 1090. The lowest BCUT2D eigenvalue weighted by atomic mass is 10.2. The summed E-state index contributed by atoms with van der Waals surface area (Å²) in [5.74, 6) is 1.99. The van der Waals surface area contributed by atoms with Crippen molar-refractivity contribution >= 4 is 6.03 Å². The molecule has 3 aromatic rings. The number of carbonyl (C=O) groups is 1. The van der Waals surface area contributed by atoms with Crippen LogP contribution in [0, 0.1) is 6.92 Å². The Kier molecular flexibility index (Phi) is 8.26. The molecule has 8 heteroatoms. The molecule has 0 bridgehead atoms. The molecule has 0 spiro atoms. The molecule has 186 valence electrons. The maximum absolute atomic E-state index is 13.1. The molecule has 0 radical (unpaired) electrons. The summed E-state index contributed by atoms with van der Waals surface area (Å²) in [6.45, 7) is 6.24. The Labute approximate surface area is 206 Å². The molecule has 35 heavy (non-hydrogen) atoms. The van der Waals surface area contributed by atoms with Gasteiger partial charge < -0.3 is 24.4 Å². The highest BCUT2D eigenvalue weighted by atomic mass is 16.5. The number of amides is 2. The Balaban J connectivity index is 1.69. The summed E-state index contributed by atoms with van der Waals surface area (Å²) in [6.07, 6.45) is 2.88. The molecule has 1 aromatic heterocycles. The van der Waals surface area contributed by atoms with Crippen LogP contribution in [0.1, 0.15) is 37.4 Å². The third-order valence-electron chi connectivity index (χ3n) is 6.02. The van der Waals surface area contributed by atoms with Gasteiger partial charge in [-0.15, -0.1) is 0 Å². The van der Waals surface area contributed by atoms with E-state index in [1.807, 2.05) is 73.3 Å². The Hall–Kier alpha value is -3.52. The number of nitrogens with zero attached hydrogens (tertiary/aromatic N) is 3. The van der Waals surface area contributed by atoms with E-state index >= 15 is 0 Å². The minimum absolute atomic E-state index is 0.0396. The quantitative estimate of drug-likeness (QED) is 0.440. The standard InChI is InChI=1S/C27H34N4O4/c1-4-16-28-27(32)30(18-24-11-8-17-34-24)19-25-20(2)29-31(21-9-6-5-7-10-21)26(25)35-23-14-12-22(33-3)13-15-23/h5-7,9-10,12-15,24H,4,8,11,16-19H2,1-3H3,(H,28,32)/t24-/m0/s1. The number of aryl methyl sites for hydroxylation is 1. The van der Waals surface area contributed by atoms with Crippen LogP contribution in [0.3, 0.4) is 0 Å². The van der Waals surface area contributed by atoms with E-state index in [1.165, 1.54) is 0 Å². The molecular formula is C27H34N4O4. The zero-order valence-corrected chi connectivity index (χ0v) is 20.7. The van der Waals surface area contributed by atoms with Gasteiger partial charge in [0.2, 0.25) is 5.88 Å². The second kappa shape index (κ2) is 11.8. The number of methoxy groups -OCH3 is 1. The highest BCUT2D eigenvalue weighted by Crippen LogP contribution is 2.32. The number of aromatic nitrogens is 2. The molecule has 4 rings (SSSR count). The van der Waals surface area contributed by atoms with Crippen LogP contribution in [0.5, 0.6) is 17.4 Å². The zero-order valence-electron chi connectivity index (χ0n) is 20.7. The first-order valence-electron chi connectivity index (χ1n) is 12.2. The number of para-hydroxylation sites is 1. The van der Waals surface area contributed by atoms with E-state index < -0.39 is 0 Å². The van der Waals surface area contributed by atoms with Crippen LogP contribution in [-0.4, -0.2) is 53.6 Å². The van der Waals surface area contributed by atoms with E-state index in [4.69, 9.17) is 19.3 Å². The molecule has 0 aliphatic carbocycles. The lowest BCUT2D eigenvalue weighted by molar-refractivity contribution is 0.0793. The highest BCUT2D eigenvalue weighted by Gasteiger charge is 2.27. The van der Waals surface area contributed by atoms with Gasteiger partial charge in [0.15, 0.2) is 0 Å². The summed E-state index contributed by atoms with van der Waals surface area (Å²) >= 11 is 0. The van der Waals surface area contributed by atoms with E-state index in [1.54, 1.807) is 11.8 Å². The number of urea groups is 1. The Morgan fingerprint density at radius 2 is 1.91 bits per heavy atom. The molecule has 2 amide bonds.